The number of pyridine rings is 1. The number of carboxylic acid groups (broad SMARTS) is 1. The van der Waals surface area contributed by atoms with Crippen LogP contribution in [0.3, 0.4) is 0 Å². The number of rotatable bonds is 5. The Labute approximate surface area is 121 Å². The molecule has 2 rings (SSSR count). The molecule has 0 spiro atoms. The quantitative estimate of drug-likeness (QED) is 0.758. The number of nitrogens with one attached hydrogen (secondary N) is 2. The minimum absolute atomic E-state index is 0.159. The van der Waals surface area contributed by atoms with Crippen LogP contribution in [0.25, 0.3) is 0 Å². The van der Waals surface area contributed by atoms with Gasteiger partial charge in [0.25, 0.3) is 10.0 Å². The van der Waals surface area contributed by atoms with E-state index < -0.39 is 16.0 Å². The highest BCUT2D eigenvalue weighted by Gasteiger charge is 2.20. The molecular weight excluding hydrogens is 296 g/mol. The van der Waals surface area contributed by atoms with Crippen LogP contribution in [0.2, 0.25) is 0 Å². The zero-order valence-corrected chi connectivity index (χ0v) is 12.2. The van der Waals surface area contributed by atoms with Gasteiger partial charge in [-0.25, -0.2) is 18.2 Å². The molecule has 0 aliphatic carbocycles. The summed E-state index contributed by atoms with van der Waals surface area (Å²) in [5.74, 6) is -0.776. The van der Waals surface area contributed by atoms with Crippen molar-refractivity contribution < 1.29 is 18.3 Å². The third-order valence-corrected chi connectivity index (χ3v) is 4.00. The van der Waals surface area contributed by atoms with Gasteiger partial charge in [0.05, 0.1) is 5.69 Å². The summed E-state index contributed by atoms with van der Waals surface area (Å²) in [4.78, 5) is 18.8. The van der Waals surface area contributed by atoms with E-state index in [-0.39, 0.29) is 10.6 Å². The number of hydrogen-bond donors (Lipinski definition) is 3. The molecule has 0 amide bonds. The Morgan fingerprint density at radius 2 is 2.14 bits per heavy atom. The fraction of sp³-hybridized carbons (Fsp3) is 0.167. The first kappa shape index (κ1) is 14.9. The average Bonchev–Trinajstić information content (AvgIpc) is 2.89. The zero-order valence-electron chi connectivity index (χ0n) is 11.4. The van der Waals surface area contributed by atoms with Crippen LogP contribution in [0.1, 0.15) is 10.5 Å². The molecule has 0 unspecified atom stereocenters. The molecule has 0 aromatic carbocycles. The largest absolute Gasteiger partial charge is 0.477 e. The van der Waals surface area contributed by atoms with Gasteiger partial charge in [0.1, 0.15) is 10.6 Å². The second kappa shape index (κ2) is 5.44. The van der Waals surface area contributed by atoms with Crippen LogP contribution in [-0.2, 0) is 10.0 Å². The first-order valence-electron chi connectivity index (χ1n) is 5.88. The van der Waals surface area contributed by atoms with E-state index in [0.717, 1.165) is 12.3 Å². The lowest BCUT2D eigenvalue weighted by atomic mass is 10.4. The average molecular weight is 310 g/mol. The van der Waals surface area contributed by atoms with Crippen molar-refractivity contribution in [2.45, 2.75) is 4.90 Å². The highest BCUT2D eigenvalue weighted by Crippen LogP contribution is 2.24. The van der Waals surface area contributed by atoms with Crippen molar-refractivity contribution in [3.05, 3.63) is 36.3 Å². The monoisotopic (exact) mass is 310 g/mol. The van der Waals surface area contributed by atoms with E-state index in [0.29, 0.717) is 11.5 Å². The van der Waals surface area contributed by atoms with E-state index in [1.54, 1.807) is 37.3 Å². The molecule has 8 nitrogen and oxygen atoms in total. The molecule has 0 radical (unpaired) electrons. The molecular formula is C12H14N4O4S. The van der Waals surface area contributed by atoms with Crippen LogP contribution in [0.4, 0.5) is 11.5 Å². The molecule has 2 aromatic rings. The van der Waals surface area contributed by atoms with Crippen molar-refractivity contribution in [3.8, 4) is 0 Å². The Hall–Kier alpha value is -2.55. The lowest BCUT2D eigenvalue weighted by molar-refractivity contribution is 0.0691. The number of hydrogen-bond acceptors (Lipinski definition) is 5. The minimum Gasteiger partial charge on any atom is -0.477 e. The smallest absolute Gasteiger partial charge is 0.352 e. The Morgan fingerprint density at radius 3 is 2.71 bits per heavy atom. The van der Waals surface area contributed by atoms with E-state index in [4.69, 9.17) is 5.11 Å². The van der Waals surface area contributed by atoms with Gasteiger partial charge in [-0.15, -0.1) is 0 Å². The molecule has 0 saturated heterocycles. The molecule has 21 heavy (non-hydrogen) atoms. The minimum atomic E-state index is -3.89. The SMILES string of the molecule is CN(C)c1ncccc1NS(=O)(=O)c1c[nH]c(C(=O)O)c1. The molecule has 2 heterocycles. The van der Waals surface area contributed by atoms with Crippen LogP contribution in [0.15, 0.2) is 35.5 Å². The number of nitrogens with zero attached hydrogens (tertiary/aromatic N) is 2. The predicted molar refractivity (Wildman–Crippen MR) is 77.1 cm³/mol. The summed E-state index contributed by atoms with van der Waals surface area (Å²) in [6, 6.07) is 4.23. The number of anilines is 2. The summed E-state index contributed by atoms with van der Waals surface area (Å²) >= 11 is 0. The fourth-order valence-corrected chi connectivity index (χ4v) is 2.74. The Balaban J connectivity index is 2.35. The number of aromatic nitrogens is 2. The van der Waals surface area contributed by atoms with Crippen LogP contribution in [0.5, 0.6) is 0 Å². The summed E-state index contributed by atoms with van der Waals surface area (Å²) in [6.45, 7) is 0. The second-order valence-electron chi connectivity index (χ2n) is 4.43. The maximum absolute atomic E-state index is 12.2. The number of aromatic carboxylic acids is 1. The Morgan fingerprint density at radius 1 is 1.43 bits per heavy atom. The maximum atomic E-state index is 12.2. The summed E-state index contributed by atoms with van der Waals surface area (Å²) in [5.41, 5.74) is 0.106. The van der Waals surface area contributed by atoms with Crippen molar-refractivity contribution in [2.24, 2.45) is 0 Å². The van der Waals surface area contributed by atoms with Gasteiger partial charge in [-0.05, 0) is 18.2 Å². The molecule has 0 atom stereocenters. The van der Waals surface area contributed by atoms with E-state index in [1.165, 1.54) is 0 Å². The highest BCUT2D eigenvalue weighted by atomic mass is 32.2. The topological polar surface area (TPSA) is 115 Å². The van der Waals surface area contributed by atoms with Gasteiger partial charge < -0.3 is 15.0 Å². The lowest BCUT2D eigenvalue weighted by Gasteiger charge is -2.16. The van der Waals surface area contributed by atoms with Crippen LogP contribution in [-0.4, -0.2) is 43.6 Å². The fourth-order valence-electron chi connectivity index (χ4n) is 1.69. The van der Waals surface area contributed by atoms with Crippen molar-refractivity contribution in [1.82, 2.24) is 9.97 Å². The number of aromatic amines is 1. The Bertz CT molecular complexity index is 767. The number of H-pyrrole nitrogens is 1. The predicted octanol–water partition coefficient (Wildman–Crippen LogP) is 0.975. The molecule has 9 heteroatoms. The molecule has 0 fully saturated rings. The molecule has 0 aliphatic heterocycles. The maximum Gasteiger partial charge on any atom is 0.352 e. The number of carbonyl (C=O) groups is 1. The summed E-state index contributed by atoms with van der Waals surface area (Å²) in [7, 11) is -0.423. The molecule has 112 valence electrons. The van der Waals surface area contributed by atoms with Gasteiger partial charge >= 0.3 is 5.97 Å². The van der Waals surface area contributed by atoms with Gasteiger partial charge in [0.15, 0.2) is 5.82 Å². The van der Waals surface area contributed by atoms with Crippen molar-refractivity contribution in [2.75, 3.05) is 23.7 Å². The van der Waals surface area contributed by atoms with E-state index in [9.17, 15) is 13.2 Å². The van der Waals surface area contributed by atoms with Crippen LogP contribution >= 0.6 is 0 Å². The van der Waals surface area contributed by atoms with Gasteiger partial charge in [0.2, 0.25) is 0 Å². The summed E-state index contributed by atoms with van der Waals surface area (Å²) < 4.78 is 26.9. The first-order chi connectivity index (χ1) is 9.81. The van der Waals surface area contributed by atoms with Gasteiger partial charge in [-0.2, -0.15) is 0 Å². The molecule has 0 bridgehead atoms. The third kappa shape index (κ3) is 3.14. The third-order valence-electron chi connectivity index (χ3n) is 2.65. The number of sulfonamides is 1. The first-order valence-corrected chi connectivity index (χ1v) is 7.36. The molecule has 0 saturated carbocycles. The standard InChI is InChI=1S/C12H14N4O4S/c1-16(2)11-9(4-3-5-13-11)15-21(19,20)8-6-10(12(17)18)14-7-8/h3-7,14-15H,1-2H3,(H,17,18). The van der Waals surface area contributed by atoms with Crippen LogP contribution < -0.4 is 9.62 Å². The van der Waals surface area contributed by atoms with Gasteiger partial charge in [0, 0.05) is 26.5 Å². The molecule has 0 aliphatic rings. The van der Waals surface area contributed by atoms with Crippen molar-refractivity contribution in [1.29, 1.82) is 0 Å². The van der Waals surface area contributed by atoms with Crippen molar-refractivity contribution >= 4 is 27.5 Å². The Kier molecular flexibility index (Phi) is 3.85. The molecule has 2 aromatic heterocycles. The van der Waals surface area contributed by atoms with Gasteiger partial charge in [-0.3, -0.25) is 4.72 Å². The van der Waals surface area contributed by atoms with E-state index >= 15 is 0 Å². The summed E-state index contributed by atoms with van der Waals surface area (Å²) in [5, 5.41) is 8.81. The van der Waals surface area contributed by atoms with Crippen molar-refractivity contribution in [3.63, 3.8) is 0 Å². The van der Waals surface area contributed by atoms with E-state index in [2.05, 4.69) is 14.7 Å². The highest BCUT2D eigenvalue weighted by molar-refractivity contribution is 7.92. The lowest BCUT2D eigenvalue weighted by Crippen LogP contribution is -2.17. The van der Waals surface area contributed by atoms with E-state index in [1.807, 2.05) is 0 Å². The van der Waals surface area contributed by atoms with Crippen LogP contribution in [0, 0.1) is 0 Å². The normalized spacial score (nSPS) is 11.1. The summed E-state index contributed by atoms with van der Waals surface area (Å²) in [6.07, 6.45) is 2.67. The number of carboxylic acids is 1. The zero-order chi connectivity index (χ0) is 15.6. The van der Waals surface area contributed by atoms with Gasteiger partial charge in [-0.1, -0.05) is 0 Å². The molecule has 3 N–H and O–H groups in total. The second-order valence-corrected chi connectivity index (χ2v) is 6.11.